The summed E-state index contributed by atoms with van der Waals surface area (Å²) >= 11 is 0. The van der Waals surface area contributed by atoms with Crippen molar-refractivity contribution in [2.45, 2.75) is 0 Å². The Morgan fingerprint density at radius 3 is 1.34 bits per heavy atom. The average Bonchev–Trinajstić information content (AvgIpc) is 3.77. The van der Waals surface area contributed by atoms with Crippen LogP contribution in [0, 0.1) is 0 Å². The molecule has 1 heteroatoms. The Bertz CT molecular complexity index is 3670. The van der Waals surface area contributed by atoms with Gasteiger partial charge in [-0.15, -0.1) is 0 Å². The van der Waals surface area contributed by atoms with Gasteiger partial charge in [-0.05, 0) is 119 Å². The lowest BCUT2D eigenvalue weighted by atomic mass is 9.89. The molecule has 0 spiro atoms. The van der Waals surface area contributed by atoms with Crippen molar-refractivity contribution in [3.05, 3.63) is 261 Å². The predicted octanol–water partition coefficient (Wildman–Crippen LogP) is 17.6. The molecule has 304 valence electrons. The van der Waals surface area contributed by atoms with Crippen LogP contribution >= 0.6 is 0 Å². The van der Waals surface area contributed by atoms with E-state index >= 15 is 0 Å². The molecule has 0 radical (unpaired) electrons. The molecule has 0 fully saturated rings. The van der Waals surface area contributed by atoms with E-state index in [0.717, 1.165) is 11.2 Å². The van der Waals surface area contributed by atoms with E-state index in [-0.39, 0.29) is 0 Å². The molecule has 0 bridgehead atoms. The molecule has 0 amide bonds. The first-order chi connectivity index (χ1) is 32.2. The third kappa shape index (κ3) is 6.92. The topological polar surface area (TPSA) is 4.93 Å². The lowest BCUT2D eigenvalue weighted by Crippen LogP contribution is -1.95. The lowest BCUT2D eigenvalue weighted by Gasteiger charge is -2.16. The summed E-state index contributed by atoms with van der Waals surface area (Å²) < 4.78 is 2.43. The summed E-state index contributed by atoms with van der Waals surface area (Å²) in [5.41, 5.74) is 19.1. The van der Waals surface area contributed by atoms with E-state index in [9.17, 15) is 0 Å². The molecule has 65 heavy (non-hydrogen) atoms. The summed E-state index contributed by atoms with van der Waals surface area (Å²) in [7, 11) is 0. The van der Waals surface area contributed by atoms with Crippen LogP contribution < -0.4 is 0 Å². The third-order valence-corrected chi connectivity index (χ3v) is 13.1. The maximum Gasteiger partial charge on any atom is 0.0535 e. The molecule has 1 aromatic heterocycles. The minimum absolute atomic E-state index is 1.15. The fourth-order valence-electron chi connectivity index (χ4n) is 9.91. The molecule has 0 atom stereocenters. The molecular weight excluding hydrogens is 783 g/mol. The van der Waals surface area contributed by atoms with Crippen molar-refractivity contribution in [3.63, 3.8) is 0 Å². The van der Waals surface area contributed by atoms with Crippen molar-refractivity contribution in [1.29, 1.82) is 0 Å². The van der Waals surface area contributed by atoms with Crippen LogP contribution in [0.2, 0.25) is 0 Å². The molecule has 0 unspecified atom stereocenters. The minimum atomic E-state index is 1.15. The van der Waals surface area contributed by atoms with Gasteiger partial charge in [-0.25, -0.2) is 0 Å². The molecular formula is C64H43N. The summed E-state index contributed by atoms with van der Waals surface area (Å²) in [4.78, 5) is 0. The Balaban J connectivity index is 1.11. The van der Waals surface area contributed by atoms with E-state index in [2.05, 4.69) is 266 Å². The lowest BCUT2D eigenvalue weighted by molar-refractivity contribution is 1.14. The summed E-state index contributed by atoms with van der Waals surface area (Å²) in [6.07, 6.45) is 2.38. The highest BCUT2D eigenvalue weighted by molar-refractivity contribution is 6.10. The van der Waals surface area contributed by atoms with Gasteiger partial charge in [0.25, 0.3) is 0 Å². The summed E-state index contributed by atoms with van der Waals surface area (Å²) in [6, 6.07) is 93.0. The molecule has 1 heterocycles. The van der Waals surface area contributed by atoms with Crippen molar-refractivity contribution in [3.8, 4) is 83.6 Å². The van der Waals surface area contributed by atoms with Gasteiger partial charge in [-0.3, -0.25) is 0 Å². The smallest absolute Gasteiger partial charge is 0.0535 e. The van der Waals surface area contributed by atoms with Crippen molar-refractivity contribution in [1.82, 2.24) is 4.57 Å². The molecule has 12 aromatic rings. The molecule has 0 aliphatic heterocycles. The van der Waals surface area contributed by atoms with E-state index in [0.29, 0.717) is 0 Å². The van der Waals surface area contributed by atoms with Crippen molar-refractivity contribution in [2.75, 3.05) is 0 Å². The fraction of sp³-hybridized carbons (Fsp3) is 0. The van der Waals surface area contributed by atoms with E-state index in [1.165, 1.54) is 105 Å². The maximum atomic E-state index is 2.43. The van der Waals surface area contributed by atoms with Gasteiger partial charge in [-0.2, -0.15) is 0 Å². The van der Waals surface area contributed by atoms with Crippen molar-refractivity contribution in [2.24, 2.45) is 0 Å². The molecule has 0 saturated carbocycles. The first-order valence-corrected chi connectivity index (χ1v) is 22.4. The minimum Gasteiger partial charge on any atom is -0.315 e. The normalized spacial score (nSPS) is 11.4. The molecule has 0 aliphatic carbocycles. The molecule has 12 rings (SSSR count). The highest BCUT2D eigenvalue weighted by Crippen LogP contribution is 2.45. The van der Waals surface area contributed by atoms with E-state index < -0.39 is 0 Å². The van der Waals surface area contributed by atoms with Gasteiger partial charge in [0.1, 0.15) is 0 Å². The van der Waals surface area contributed by atoms with Crippen LogP contribution in [0.5, 0.6) is 0 Å². The zero-order valence-electron chi connectivity index (χ0n) is 35.8. The number of benzene rings is 11. The molecule has 11 aromatic carbocycles. The third-order valence-electron chi connectivity index (χ3n) is 13.1. The number of aromatic nitrogens is 1. The highest BCUT2D eigenvalue weighted by atomic mass is 15.0. The Kier molecular flexibility index (Phi) is 9.58. The Morgan fingerprint density at radius 2 is 0.692 bits per heavy atom. The second-order valence-electron chi connectivity index (χ2n) is 16.8. The fourth-order valence-corrected chi connectivity index (χ4v) is 9.91. The molecule has 0 saturated heterocycles. The monoisotopic (exact) mass is 825 g/mol. The second-order valence-corrected chi connectivity index (χ2v) is 16.8. The Labute approximate surface area is 379 Å². The quantitative estimate of drug-likeness (QED) is 0.144. The number of rotatable bonds is 8. The van der Waals surface area contributed by atoms with Crippen LogP contribution in [0.15, 0.2) is 261 Å². The first-order valence-electron chi connectivity index (χ1n) is 22.4. The van der Waals surface area contributed by atoms with E-state index in [1.807, 2.05) is 0 Å². The molecule has 0 N–H and O–H groups in total. The number of nitrogens with zero attached hydrogens (tertiary/aromatic N) is 1. The van der Waals surface area contributed by atoms with Gasteiger partial charge < -0.3 is 4.57 Å². The number of hydrogen-bond acceptors (Lipinski definition) is 0. The van der Waals surface area contributed by atoms with E-state index in [1.54, 1.807) is 0 Å². The van der Waals surface area contributed by atoms with Gasteiger partial charge >= 0.3 is 0 Å². The molecule has 1 nitrogen and oxygen atoms in total. The van der Waals surface area contributed by atoms with E-state index in [4.69, 9.17) is 0 Å². The van der Waals surface area contributed by atoms with Crippen LogP contribution in [-0.4, -0.2) is 4.57 Å². The predicted molar refractivity (Wildman–Crippen MR) is 276 cm³/mol. The zero-order chi connectivity index (χ0) is 43.1. The van der Waals surface area contributed by atoms with Crippen LogP contribution in [-0.2, 0) is 0 Å². The van der Waals surface area contributed by atoms with Crippen LogP contribution in [0.4, 0.5) is 0 Å². The highest BCUT2D eigenvalue weighted by Gasteiger charge is 2.21. The van der Waals surface area contributed by atoms with Crippen molar-refractivity contribution < 1.29 is 0 Å². The van der Waals surface area contributed by atoms with Crippen LogP contribution in [0.25, 0.3) is 116 Å². The van der Waals surface area contributed by atoms with Crippen LogP contribution in [0.3, 0.4) is 0 Å². The SMILES string of the molecule is c1ccc(-c2ccc(-c3ccc4c(c3)c(-c3ccc(-c5ccccc5)cc3-c3ccccc3)cn4-c3ccc(-c4cccc5ccccc45)c4ccccc34)c(-c3ccccc3)c2)cc1. The van der Waals surface area contributed by atoms with Gasteiger partial charge in [0.2, 0.25) is 0 Å². The Morgan fingerprint density at radius 1 is 0.215 bits per heavy atom. The Hall–Kier alpha value is -8.52. The summed E-state index contributed by atoms with van der Waals surface area (Å²) in [5.74, 6) is 0. The summed E-state index contributed by atoms with van der Waals surface area (Å²) in [6.45, 7) is 0. The van der Waals surface area contributed by atoms with Gasteiger partial charge in [0.15, 0.2) is 0 Å². The molecule has 0 aliphatic rings. The van der Waals surface area contributed by atoms with Gasteiger partial charge in [0, 0.05) is 22.5 Å². The maximum absolute atomic E-state index is 2.43. The van der Waals surface area contributed by atoms with Gasteiger partial charge in [-0.1, -0.05) is 224 Å². The second kappa shape index (κ2) is 16.3. The zero-order valence-corrected chi connectivity index (χ0v) is 35.8. The summed E-state index contributed by atoms with van der Waals surface area (Å²) in [5, 5.41) is 6.13. The number of fused-ring (bicyclic) bond motifs is 3. The first kappa shape index (κ1) is 38.2. The van der Waals surface area contributed by atoms with Crippen LogP contribution in [0.1, 0.15) is 0 Å². The average molecular weight is 826 g/mol. The van der Waals surface area contributed by atoms with Crippen molar-refractivity contribution >= 4 is 32.4 Å². The largest absolute Gasteiger partial charge is 0.315 e. The standard InChI is InChI=1S/C64H43N/c1-5-18-44(19-6-1)49-32-35-53(59(40-49)47-22-9-3-10-23-47)51-34-38-64-61(42-51)62(57-36-33-50(45-20-7-2-8-21-45)41-60(57)48-24-11-4-12-25-48)43-65(64)63-39-37-56(55-29-15-16-30-58(55)63)54-31-17-27-46-26-13-14-28-52(46)54/h1-43H. The number of hydrogen-bond donors (Lipinski definition) is 0. The van der Waals surface area contributed by atoms with Gasteiger partial charge in [0.05, 0.1) is 11.2 Å².